The van der Waals surface area contributed by atoms with E-state index < -0.39 is 0 Å². The fourth-order valence-corrected chi connectivity index (χ4v) is 4.50. The lowest BCUT2D eigenvalue weighted by atomic mass is 10.1. The van der Waals surface area contributed by atoms with Gasteiger partial charge in [0.15, 0.2) is 0 Å². The summed E-state index contributed by atoms with van der Waals surface area (Å²) in [5.41, 5.74) is 3.88. The lowest BCUT2D eigenvalue weighted by Crippen LogP contribution is -2.44. The SMILES string of the molecule is Cc1cc(C(=O)NCC(C)N2CCc3sccc3C2)c2ccccc2n1. The summed E-state index contributed by atoms with van der Waals surface area (Å²) in [5, 5.41) is 6.21. The molecule has 1 aliphatic rings. The van der Waals surface area contributed by atoms with Crippen molar-refractivity contribution in [1.82, 2.24) is 15.2 Å². The second-order valence-electron chi connectivity index (χ2n) is 6.98. The quantitative estimate of drug-likeness (QED) is 0.765. The van der Waals surface area contributed by atoms with Crippen LogP contribution in [0.1, 0.15) is 33.4 Å². The van der Waals surface area contributed by atoms with E-state index in [4.69, 9.17) is 0 Å². The molecular formula is C21H23N3OS. The molecule has 0 fully saturated rings. The van der Waals surface area contributed by atoms with Crippen molar-refractivity contribution in [2.75, 3.05) is 13.1 Å². The standard InChI is InChI=1S/C21H23N3OS/c1-14-11-18(17-5-3-4-6-19(17)23-14)21(25)22-12-15(2)24-9-7-20-16(13-24)8-10-26-20/h3-6,8,10-11,15H,7,9,12-13H2,1-2H3,(H,22,25). The van der Waals surface area contributed by atoms with Crippen LogP contribution in [0.3, 0.4) is 0 Å². The maximum Gasteiger partial charge on any atom is 0.252 e. The number of hydrogen-bond donors (Lipinski definition) is 1. The van der Waals surface area contributed by atoms with Crippen molar-refractivity contribution in [3.8, 4) is 0 Å². The lowest BCUT2D eigenvalue weighted by Gasteiger charge is -2.32. The van der Waals surface area contributed by atoms with E-state index in [9.17, 15) is 4.79 Å². The molecule has 134 valence electrons. The van der Waals surface area contributed by atoms with Crippen molar-refractivity contribution >= 4 is 28.1 Å². The normalized spacial score (nSPS) is 15.6. The highest BCUT2D eigenvalue weighted by atomic mass is 32.1. The van der Waals surface area contributed by atoms with Gasteiger partial charge < -0.3 is 5.32 Å². The van der Waals surface area contributed by atoms with Gasteiger partial charge in [0.05, 0.1) is 11.1 Å². The number of benzene rings is 1. The number of amides is 1. The molecule has 0 spiro atoms. The molecule has 1 aromatic carbocycles. The van der Waals surface area contributed by atoms with Crippen LogP contribution in [0.15, 0.2) is 41.8 Å². The maximum atomic E-state index is 12.8. The molecule has 5 heteroatoms. The molecule has 3 heterocycles. The number of aromatic nitrogens is 1. The second kappa shape index (κ2) is 7.17. The van der Waals surface area contributed by atoms with Gasteiger partial charge in [-0.1, -0.05) is 18.2 Å². The lowest BCUT2D eigenvalue weighted by molar-refractivity contribution is 0.0934. The Morgan fingerprint density at radius 1 is 1.35 bits per heavy atom. The number of nitrogens with one attached hydrogen (secondary N) is 1. The zero-order chi connectivity index (χ0) is 18.1. The van der Waals surface area contributed by atoms with Crippen molar-refractivity contribution in [2.45, 2.75) is 32.9 Å². The first-order chi connectivity index (χ1) is 12.6. The van der Waals surface area contributed by atoms with Gasteiger partial charge in [-0.2, -0.15) is 0 Å². The van der Waals surface area contributed by atoms with E-state index in [1.807, 2.05) is 48.6 Å². The zero-order valence-electron chi connectivity index (χ0n) is 15.2. The summed E-state index contributed by atoms with van der Waals surface area (Å²) < 4.78 is 0. The number of nitrogens with zero attached hydrogens (tertiary/aromatic N) is 2. The molecule has 1 unspecified atom stereocenters. The molecule has 4 nitrogen and oxygen atoms in total. The van der Waals surface area contributed by atoms with E-state index >= 15 is 0 Å². The Kier molecular flexibility index (Phi) is 4.74. The number of rotatable bonds is 4. The molecule has 0 bridgehead atoms. The van der Waals surface area contributed by atoms with E-state index in [1.165, 1.54) is 10.4 Å². The van der Waals surface area contributed by atoms with Crippen LogP contribution in [0.25, 0.3) is 10.9 Å². The van der Waals surface area contributed by atoms with Gasteiger partial charge >= 0.3 is 0 Å². The largest absolute Gasteiger partial charge is 0.350 e. The average molecular weight is 366 g/mol. The van der Waals surface area contributed by atoms with Gasteiger partial charge in [-0.3, -0.25) is 14.7 Å². The van der Waals surface area contributed by atoms with Gasteiger partial charge in [0, 0.05) is 41.6 Å². The number of para-hydroxylation sites is 1. The maximum absolute atomic E-state index is 12.8. The van der Waals surface area contributed by atoms with Crippen LogP contribution >= 0.6 is 11.3 Å². The Morgan fingerprint density at radius 2 is 2.19 bits per heavy atom. The number of aryl methyl sites for hydroxylation is 1. The van der Waals surface area contributed by atoms with E-state index in [2.05, 4.69) is 33.6 Å². The predicted molar refractivity (Wildman–Crippen MR) is 107 cm³/mol. The number of fused-ring (bicyclic) bond motifs is 2. The van der Waals surface area contributed by atoms with Gasteiger partial charge in [0.1, 0.15) is 0 Å². The summed E-state index contributed by atoms with van der Waals surface area (Å²) in [5.74, 6) is -0.0215. The summed E-state index contributed by atoms with van der Waals surface area (Å²) in [4.78, 5) is 21.3. The molecule has 1 amide bonds. The fraction of sp³-hybridized carbons (Fsp3) is 0.333. The molecule has 4 rings (SSSR count). The third-order valence-electron chi connectivity index (χ3n) is 5.11. The number of pyridine rings is 1. The third kappa shape index (κ3) is 3.37. The highest BCUT2D eigenvalue weighted by molar-refractivity contribution is 7.10. The smallest absolute Gasteiger partial charge is 0.252 e. The first-order valence-electron chi connectivity index (χ1n) is 9.05. The molecular weight excluding hydrogens is 342 g/mol. The van der Waals surface area contributed by atoms with Crippen LogP contribution in [0.5, 0.6) is 0 Å². The second-order valence-corrected chi connectivity index (χ2v) is 7.98. The number of thiophene rings is 1. The van der Waals surface area contributed by atoms with Crippen LogP contribution in [0.4, 0.5) is 0 Å². The molecule has 0 saturated heterocycles. The minimum Gasteiger partial charge on any atom is -0.350 e. The molecule has 3 aromatic rings. The van der Waals surface area contributed by atoms with E-state index in [1.54, 1.807) is 0 Å². The molecule has 0 aliphatic carbocycles. The first kappa shape index (κ1) is 17.2. The van der Waals surface area contributed by atoms with E-state index in [-0.39, 0.29) is 5.91 Å². The minimum atomic E-state index is -0.0215. The van der Waals surface area contributed by atoms with Gasteiger partial charge in [-0.05, 0) is 49.4 Å². The molecule has 26 heavy (non-hydrogen) atoms. The Bertz CT molecular complexity index is 949. The van der Waals surface area contributed by atoms with Crippen molar-refractivity contribution in [1.29, 1.82) is 0 Å². The van der Waals surface area contributed by atoms with Crippen LogP contribution < -0.4 is 5.32 Å². The average Bonchev–Trinajstić information content (AvgIpc) is 3.12. The summed E-state index contributed by atoms with van der Waals surface area (Å²) >= 11 is 1.85. The minimum absolute atomic E-state index is 0.0215. The molecule has 1 N–H and O–H groups in total. The van der Waals surface area contributed by atoms with Crippen LogP contribution in [0, 0.1) is 6.92 Å². The topological polar surface area (TPSA) is 45.2 Å². The summed E-state index contributed by atoms with van der Waals surface area (Å²) in [6, 6.07) is 12.2. The van der Waals surface area contributed by atoms with Crippen LogP contribution in [-0.2, 0) is 13.0 Å². The summed E-state index contributed by atoms with van der Waals surface area (Å²) in [6.45, 7) is 6.80. The highest BCUT2D eigenvalue weighted by Gasteiger charge is 2.22. The Labute approximate surface area is 157 Å². The highest BCUT2D eigenvalue weighted by Crippen LogP contribution is 2.25. The van der Waals surface area contributed by atoms with Crippen LogP contribution in [-0.4, -0.2) is 34.9 Å². The Hall–Kier alpha value is -2.24. The van der Waals surface area contributed by atoms with E-state index in [0.29, 0.717) is 18.2 Å². The Morgan fingerprint density at radius 3 is 3.08 bits per heavy atom. The molecule has 0 saturated carbocycles. The van der Waals surface area contributed by atoms with Crippen molar-refractivity contribution < 1.29 is 4.79 Å². The molecule has 0 radical (unpaired) electrons. The molecule has 1 aliphatic heterocycles. The predicted octanol–water partition coefficient (Wildman–Crippen LogP) is 3.78. The van der Waals surface area contributed by atoms with Crippen molar-refractivity contribution in [2.24, 2.45) is 0 Å². The third-order valence-corrected chi connectivity index (χ3v) is 6.13. The van der Waals surface area contributed by atoms with Crippen LogP contribution in [0.2, 0.25) is 0 Å². The van der Waals surface area contributed by atoms with Gasteiger partial charge in [-0.15, -0.1) is 11.3 Å². The first-order valence-corrected chi connectivity index (χ1v) is 9.93. The van der Waals surface area contributed by atoms with Crippen molar-refractivity contribution in [3.63, 3.8) is 0 Å². The van der Waals surface area contributed by atoms with Gasteiger partial charge in [0.2, 0.25) is 0 Å². The fourth-order valence-electron chi connectivity index (χ4n) is 3.61. The monoisotopic (exact) mass is 365 g/mol. The Balaban J connectivity index is 1.44. The molecule has 1 atom stereocenters. The van der Waals surface area contributed by atoms with Gasteiger partial charge in [-0.25, -0.2) is 0 Å². The van der Waals surface area contributed by atoms with Gasteiger partial charge in [0.25, 0.3) is 5.91 Å². The summed E-state index contributed by atoms with van der Waals surface area (Å²) in [7, 11) is 0. The van der Waals surface area contributed by atoms with E-state index in [0.717, 1.165) is 36.1 Å². The number of hydrogen-bond acceptors (Lipinski definition) is 4. The van der Waals surface area contributed by atoms with Crippen molar-refractivity contribution in [3.05, 3.63) is 63.5 Å². The zero-order valence-corrected chi connectivity index (χ0v) is 16.0. The molecule has 2 aromatic heterocycles. The number of carbonyl (C=O) groups excluding carboxylic acids is 1. The number of carbonyl (C=O) groups is 1. The summed E-state index contributed by atoms with van der Waals surface area (Å²) in [6.07, 6.45) is 1.11.